The van der Waals surface area contributed by atoms with Gasteiger partial charge in [-0.3, -0.25) is 4.98 Å². The van der Waals surface area contributed by atoms with Crippen LogP contribution in [0.15, 0.2) is 48.8 Å². The highest BCUT2D eigenvalue weighted by Crippen LogP contribution is 2.45. The van der Waals surface area contributed by atoms with Crippen molar-refractivity contribution in [3.8, 4) is 0 Å². The Morgan fingerprint density at radius 3 is 2.47 bits per heavy atom. The lowest BCUT2D eigenvalue weighted by Gasteiger charge is -2.44. The Kier molecular flexibility index (Phi) is 7.50. The van der Waals surface area contributed by atoms with Gasteiger partial charge in [-0.15, -0.1) is 0 Å². The van der Waals surface area contributed by atoms with Crippen LogP contribution in [-0.4, -0.2) is 60.5 Å². The molecule has 2 aliphatic rings. The summed E-state index contributed by atoms with van der Waals surface area (Å²) < 4.78 is 53.3. The van der Waals surface area contributed by atoms with E-state index in [0.717, 1.165) is 18.2 Å². The van der Waals surface area contributed by atoms with Gasteiger partial charge in [0.25, 0.3) is 0 Å². The molecule has 196 valence electrons. The molecule has 3 heterocycles. The third-order valence-corrected chi connectivity index (χ3v) is 6.82. The second kappa shape index (κ2) is 10.3. The fraction of sp³-hybridized carbons (Fsp3) is 0.556. The average Bonchev–Trinajstić information content (AvgIpc) is 3.64. The van der Waals surface area contributed by atoms with Crippen LogP contribution in [0.3, 0.4) is 0 Å². The molecule has 6 nitrogen and oxygen atoms in total. The lowest BCUT2D eigenvalue weighted by atomic mass is 9.77. The molecule has 0 radical (unpaired) electrons. The Balaban J connectivity index is 1.66. The molecule has 36 heavy (non-hydrogen) atoms. The molecule has 0 aliphatic carbocycles. The lowest BCUT2D eigenvalue weighted by molar-refractivity contribution is -0.138. The fourth-order valence-electron chi connectivity index (χ4n) is 5.18. The second-order valence-corrected chi connectivity index (χ2v) is 10.7. The first kappa shape index (κ1) is 26.3. The maximum absolute atomic E-state index is 14.0. The highest BCUT2D eigenvalue weighted by Gasteiger charge is 2.49. The van der Waals surface area contributed by atoms with Crippen LogP contribution < -0.4 is 4.90 Å². The van der Waals surface area contributed by atoms with Crippen molar-refractivity contribution < 1.29 is 27.4 Å². The van der Waals surface area contributed by atoms with Crippen molar-refractivity contribution in [1.82, 2.24) is 9.88 Å². The molecule has 0 saturated carbocycles. The van der Waals surface area contributed by atoms with E-state index in [1.807, 2.05) is 19.2 Å². The summed E-state index contributed by atoms with van der Waals surface area (Å²) in [6, 6.07) is 9.02. The van der Waals surface area contributed by atoms with Crippen molar-refractivity contribution in [2.75, 3.05) is 31.6 Å². The Morgan fingerprint density at radius 1 is 1.19 bits per heavy atom. The molecule has 2 aromatic rings. The van der Waals surface area contributed by atoms with E-state index in [0.29, 0.717) is 26.1 Å². The van der Waals surface area contributed by atoms with E-state index in [1.54, 1.807) is 44.1 Å². The Bertz CT molecular complexity index is 1040. The molecule has 0 bridgehead atoms. The van der Waals surface area contributed by atoms with Crippen LogP contribution in [0, 0.1) is 5.92 Å². The number of hydrogen-bond acceptors (Lipinski definition) is 5. The van der Waals surface area contributed by atoms with Crippen LogP contribution in [0.5, 0.6) is 0 Å². The lowest BCUT2D eigenvalue weighted by Crippen LogP contribution is -2.52. The standard InChI is InChI=1S/C27H34F3N3O3/c1-26(2,3)36-25(34)33-14-11-18(16-32(4)19-9-12-31-13-10-19)15-22(33)24(23-17-35-23)20-7-5-6-8-21(20)27(28,29)30/h5-10,12-13,18,22-24H,11,14-17H2,1-4H3. The molecule has 2 fully saturated rings. The van der Waals surface area contributed by atoms with Gasteiger partial charge in [-0.1, -0.05) is 18.2 Å². The number of ether oxygens (including phenoxy) is 2. The van der Waals surface area contributed by atoms with Crippen LogP contribution in [0.4, 0.5) is 23.7 Å². The number of alkyl halides is 3. The van der Waals surface area contributed by atoms with Crippen molar-refractivity contribution in [1.29, 1.82) is 0 Å². The molecular formula is C27H34F3N3O3. The zero-order valence-electron chi connectivity index (χ0n) is 21.2. The van der Waals surface area contributed by atoms with Crippen molar-refractivity contribution in [2.45, 2.75) is 63.5 Å². The number of hydrogen-bond donors (Lipinski definition) is 0. The van der Waals surface area contributed by atoms with Crippen molar-refractivity contribution in [3.05, 3.63) is 59.9 Å². The van der Waals surface area contributed by atoms with E-state index < -0.39 is 35.4 Å². The quantitative estimate of drug-likeness (QED) is 0.469. The summed E-state index contributed by atoms with van der Waals surface area (Å²) in [7, 11) is 1.99. The average molecular weight is 506 g/mol. The Hall–Kier alpha value is -2.81. The molecule has 1 amide bonds. The fourth-order valence-corrected chi connectivity index (χ4v) is 5.18. The predicted molar refractivity (Wildman–Crippen MR) is 131 cm³/mol. The minimum absolute atomic E-state index is 0.172. The summed E-state index contributed by atoms with van der Waals surface area (Å²) in [5.41, 5.74) is -0.198. The number of halogens is 3. The smallest absolute Gasteiger partial charge is 0.416 e. The summed E-state index contributed by atoms with van der Waals surface area (Å²) in [6.45, 7) is 6.86. The highest BCUT2D eigenvalue weighted by molar-refractivity contribution is 5.69. The normalized spacial score (nSPS) is 23.2. The van der Waals surface area contributed by atoms with Gasteiger partial charge < -0.3 is 19.3 Å². The number of pyridine rings is 1. The van der Waals surface area contributed by atoms with E-state index in [2.05, 4.69) is 9.88 Å². The summed E-state index contributed by atoms with van der Waals surface area (Å²) in [6.07, 6.45) is -0.641. The third kappa shape index (κ3) is 6.30. The number of aromatic nitrogens is 1. The monoisotopic (exact) mass is 505 g/mol. The van der Waals surface area contributed by atoms with Crippen LogP contribution >= 0.6 is 0 Å². The van der Waals surface area contributed by atoms with E-state index in [-0.39, 0.29) is 17.6 Å². The first-order chi connectivity index (χ1) is 16.9. The molecule has 2 aliphatic heterocycles. The number of benzene rings is 1. The van der Waals surface area contributed by atoms with E-state index in [4.69, 9.17) is 9.47 Å². The van der Waals surface area contributed by atoms with Gasteiger partial charge in [0.05, 0.1) is 18.3 Å². The molecule has 2 saturated heterocycles. The number of carbonyl (C=O) groups excluding carboxylic acids is 1. The maximum Gasteiger partial charge on any atom is 0.416 e. The zero-order chi connectivity index (χ0) is 26.1. The van der Waals surface area contributed by atoms with Gasteiger partial charge in [-0.25, -0.2) is 4.79 Å². The second-order valence-electron chi connectivity index (χ2n) is 10.7. The van der Waals surface area contributed by atoms with Gasteiger partial charge in [0, 0.05) is 50.2 Å². The predicted octanol–water partition coefficient (Wildman–Crippen LogP) is 5.73. The Morgan fingerprint density at radius 2 is 1.86 bits per heavy atom. The molecule has 0 N–H and O–H groups in total. The highest BCUT2D eigenvalue weighted by atomic mass is 19.4. The number of epoxide rings is 1. The minimum Gasteiger partial charge on any atom is -0.444 e. The van der Waals surface area contributed by atoms with Crippen LogP contribution in [0.25, 0.3) is 0 Å². The van der Waals surface area contributed by atoms with Crippen LogP contribution in [-0.2, 0) is 15.7 Å². The number of carbonyl (C=O) groups is 1. The van der Waals surface area contributed by atoms with Crippen molar-refractivity contribution in [2.24, 2.45) is 5.92 Å². The van der Waals surface area contributed by atoms with Crippen molar-refractivity contribution in [3.63, 3.8) is 0 Å². The van der Waals surface area contributed by atoms with Crippen LogP contribution in [0.1, 0.15) is 50.7 Å². The zero-order valence-corrected chi connectivity index (χ0v) is 21.2. The molecule has 4 rings (SSSR count). The van der Waals surface area contributed by atoms with Gasteiger partial charge in [0.15, 0.2) is 0 Å². The SMILES string of the molecule is CN(CC1CCN(C(=O)OC(C)(C)C)C(C(c2ccccc2C(F)(F)F)C2CO2)C1)c1ccncc1. The summed E-state index contributed by atoms with van der Waals surface area (Å²) >= 11 is 0. The van der Waals surface area contributed by atoms with Gasteiger partial charge in [-0.05, 0) is 63.3 Å². The molecule has 4 unspecified atom stereocenters. The number of likely N-dealkylation sites (tertiary alicyclic amines) is 1. The molecule has 1 aromatic heterocycles. The maximum atomic E-state index is 14.0. The largest absolute Gasteiger partial charge is 0.444 e. The number of amides is 1. The first-order valence-corrected chi connectivity index (χ1v) is 12.3. The van der Waals surface area contributed by atoms with Gasteiger partial charge in [-0.2, -0.15) is 13.2 Å². The number of rotatable bonds is 6. The summed E-state index contributed by atoms with van der Waals surface area (Å²) in [4.78, 5) is 21.1. The molecule has 4 atom stereocenters. The number of anilines is 1. The minimum atomic E-state index is -4.50. The van der Waals surface area contributed by atoms with E-state index in [9.17, 15) is 18.0 Å². The van der Waals surface area contributed by atoms with E-state index in [1.165, 1.54) is 12.1 Å². The number of nitrogens with zero attached hydrogens (tertiary/aromatic N) is 3. The molecular weight excluding hydrogens is 471 g/mol. The van der Waals surface area contributed by atoms with Gasteiger partial charge >= 0.3 is 12.3 Å². The van der Waals surface area contributed by atoms with Crippen molar-refractivity contribution >= 4 is 11.8 Å². The Labute approximate surface area is 210 Å². The van der Waals surface area contributed by atoms with Crippen LogP contribution in [0.2, 0.25) is 0 Å². The topological polar surface area (TPSA) is 58.2 Å². The molecule has 1 aromatic carbocycles. The first-order valence-electron chi connectivity index (χ1n) is 12.3. The molecule has 9 heteroatoms. The van der Waals surface area contributed by atoms with Gasteiger partial charge in [0.2, 0.25) is 0 Å². The van der Waals surface area contributed by atoms with Gasteiger partial charge in [0.1, 0.15) is 5.60 Å². The number of piperidine rings is 1. The van der Waals surface area contributed by atoms with E-state index >= 15 is 0 Å². The summed E-state index contributed by atoms with van der Waals surface area (Å²) in [5.74, 6) is -0.435. The summed E-state index contributed by atoms with van der Waals surface area (Å²) in [5, 5.41) is 0. The third-order valence-electron chi connectivity index (χ3n) is 6.82. The molecule has 0 spiro atoms.